The van der Waals surface area contributed by atoms with Crippen LogP contribution >= 0.6 is 0 Å². The Morgan fingerprint density at radius 3 is 2.70 bits per heavy atom. The number of aliphatic carboxylic acids is 1. The molecular formula is C17H23NO2. The van der Waals surface area contributed by atoms with Crippen molar-refractivity contribution in [1.82, 2.24) is 4.90 Å². The van der Waals surface area contributed by atoms with E-state index in [-0.39, 0.29) is 12.5 Å². The fourth-order valence-corrected chi connectivity index (χ4v) is 4.10. The van der Waals surface area contributed by atoms with E-state index in [2.05, 4.69) is 17.0 Å². The lowest BCUT2D eigenvalue weighted by molar-refractivity contribution is -0.138. The monoisotopic (exact) mass is 273 g/mol. The number of hydrogen-bond acceptors (Lipinski definition) is 2. The Kier molecular flexibility index (Phi) is 4.06. The molecule has 1 aromatic rings. The first-order valence-corrected chi connectivity index (χ1v) is 7.78. The van der Waals surface area contributed by atoms with Crippen molar-refractivity contribution < 1.29 is 9.90 Å². The summed E-state index contributed by atoms with van der Waals surface area (Å²) in [4.78, 5) is 13.8. The van der Waals surface area contributed by atoms with Crippen LogP contribution in [0.2, 0.25) is 0 Å². The highest BCUT2D eigenvalue weighted by molar-refractivity contribution is 5.68. The molecule has 3 atom stereocenters. The molecule has 0 spiro atoms. The van der Waals surface area contributed by atoms with Crippen molar-refractivity contribution in [2.75, 3.05) is 6.54 Å². The highest BCUT2D eigenvalue weighted by Gasteiger charge is 2.39. The van der Waals surface area contributed by atoms with Crippen LogP contribution in [0.5, 0.6) is 0 Å². The van der Waals surface area contributed by atoms with Crippen molar-refractivity contribution in [3.05, 3.63) is 35.9 Å². The molecule has 20 heavy (non-hydrogen) atoms. The van der Waals surface area contributed by atoms with Crippen molar-refractivity contribution in [1.29, 1.82) is 0 Å². The smallest absolute Gasteiger partial charge is 0.305 e. The largest absolute Gasteiger partial charge is 0.481 e. The molecule has 1 aliphatic heterocycles. The molecule has 1 aromatic carbocycles. The maximum Gasteiger partial charge on any atom is 0.305 e. The SMILES string of the molecule is O=C(O)CC(c1ccccc1)N1CCC2CCCCC21. The van der Waals surface area contributed by atoms with Crippen LogP contribution in [0, 0.1) is 5.92 Å². The molecule has 108 valence electrons. The topological polar surface area (TPSA) is 40.5 Å². The fourth-order valence-electron chi connectivity index (χ4n) is 4.10. The van der Waals surface area contributed by atoms with Gasteiger partial charge in [-0.2, -0.15) is 0 Å². The van der Waals surface area contributed by atoms with Crippen molar-refractivity contribution in [2.45, 2.75) is 50.6 Å². The first kappa shape index (κ1) is 13.6. The molecule has 0 radical (unpaired) electrons. The van der Waals surface area contributed by atoms with E-state index < -0.39 is 5.97 Å². The number of fused-ring (bicyclic) bond motifs is 1. The summed E-state index contributed by atoms with van der Waals surface area (Å²) in [7, 11) is 0. The Hall–Kier alpha value is -1.35. The summed E-state index contributed by atoms with van der Waals surface area (Å²) < 4.78 is 0. The zero-order valence-electron chi connectivity index (χ0n) is 11.9. The molecule has 1 heterocycles. The fraction of sp³-hybridized carbons (Fsp3) is 0.588. The number of carbonyl (C=O) groups is 1. The third kappa shape index (κ3) is 2.73. The third-order valence-corrected chi connectivity index (χ3v) is 5.01. The van der Waals surface area contributed by atoms with E-state index in [1.165, 1.54) is 32.1 Å². The number of carboxylic acids is 1. The summed E-state index contributed by atoms with van der Waals surface area (Å²) >= 11 is 0. The second-order valence-electron chi connectivity index (χ2n) is 6.16. The van der Waals surface area contributed by atoms with Crippen LogP contribution in [0.3, 0.4) is 0 Å². The molecule has 2 fully saturated rings. The minimum atomic E-state index is -0.696. The maximum atomic E-state index is 11.3. The van der Waals surface area contributed by atoms with Gasteiger partial charge in [0.2, 0.25) is 0 Å². The Labute approximate surface area is 120 Å². The Morgan fingerprint density at radius 2 is 1.95 bits per heavy atom. The van der Waals surface area contributed by atoms with Crippen LogP contribution in [-0.2, 0) is 4.79 Å². The molecule has 0 amide bonds. The van der Waals surface area contributed by atoms with Crippen molar-refractivity contribution in [3.8, 4) is 0 Å². The summed E-state index contributed by atoms with van der Waals surface area (Å²) in [6.45, 7) is 1.06. The quantitative estimate of drug-likeness (QED) is 0.913. The van der Waals surface area contributed by atoms with Gasteiger partial charge in [0, 0.05) is 12.1 Å². The second kappa shape index (κ2) is 5.96. The number of nitrogens with zero attached hydrogens (tertiary/aromatic N) is 1. The van der Waals surface area contributed by atoms with Gasteiger partial charge in [0.25, 0.3) is 0 Å². The summed E-state index contributed by atoms with van der Waals surface area (Å²) in [5, 5.41) is 9.27. The molecule has 1 saturated heterocycles. The molecule has 1 aliphatic carbocycles. The molecule has 3 unspecified atom stereocenters. The molecule has 3 nitrogen and oxygen atoms in total. The zero-order valence-corrected chi connectivity index (χ0v) is 11.9. The minimum Gasteiger partial charge on any atom is -0.481 e. The van der Waals surface area contributed by atoms with E-state index in [4.69, 9.17) is 0 Å². The van der Waals surface area contributed by atoms with Gasteiger partial charge in [0.05, 0.1) is 6.42 Å². The number of hydrogen-bond donors (Lipinski definition) is 1. The van der Waals surface area contributed by atoms with Gasteiger partial charge in [0.1, 0.15) is 0 Å². The lowest BCUT2D eigenvalue weighted by atomic mass is 9.84. The van der Waals surface area contributed by atoms with Gasteiger partial charge in [-0.1, -0.05) is 43.2 Å². The molecule has 3 heteroatoms. The van der Waals surface area contributed by atoms with Gasteiger partial charge >= 0.3 is 5.97 Å². The van der Waals surface area contributed by atoms with Gasteiger partial charge in [-0.3, -0.25) is 9.69 Å². The average Bonchev–Trinajstić information content (AvgIpc) is 2.89. The van der Waals surface area contributed by atoms with Crippen molar-refractivity contribution in [2.24, 2.45) is 5.92 Å². The number of benzene rings is 1. The summed E-state index contributed by atoms with van der Waals surface area (Å²) in [6.07, 6.45) is 6.68. The Bertz CT molecular complexity index is 459. The first-order chi connectivity index (χ1) is 9.75. The summed E-state index contributed by atoms with van der Waals surface area (Å²) in [6, 6.07) is 10.8. The van der Waals surface area contributed by atoms with E-state index in [1.807, 2.05) is 18.2 Å². The number of likely N-dealkylation sites (tertiary alicyclic amines) is 1. The predicted octanol–water partition coefficient (Wildman–Crippen LogP) is 3.47. The molecule has 2 aliphatic rings. The first-order valence-electron chi connectivity index (χ1n) is 7.78. The van der Waals surface area contributed by atoms with Crippen molar-refractivity contribution >= 4 is 5.97 Å². The number of rotatable bonds is 4. The van der Waals surface area contributed by atoms with E-state index in [0.717, 1.165) is 18.0 Å². The summed E-state index contributed by atoms with van der Waals surface area (Å²) in [5.74, 6) is 0.0990. The van der Waals surface area contributed by atoms with E-state index in [0.29, 0.717) is 6.04 Å². The highest BCUT2D eigenvalue weighted by Crippen LogP contribution is 2.41. The standard InChI is InChI=1S/C17H23NO2/c19-17(20)12-16(13-6-2-1-3-7-13)18-11-10-14-8-4-5-9-15(14)18/h1-3,6-7,14-16H,4-5,8-12H2,(H,19,20). The van der Waals surface area contributed by atoms with E-state index in [9.17, 15) is 9.90 Å². The Morgan fingerprint density at radius 1 is 1.20 bits per heavy atom. The predicted molar refractivity (Wildman–Crippen MR) is 78.5 cm³/mol. The van der Waals surface area contributed by atoms with E-state index in [1.54, 1.807) is 0 Å². The van der Waals surface area contributed by atoms with Gasteiger partial charge in [-0.15, -0.1) is 0 Å². The average molecular weight is 273 g/mol. The highest BCUT2D eigenvalue weighted by atomic mass is 16.4. The van der Waals surface area contributed by atoms with Crippen LogP contribution in [-0.4, -0.2) is 28.6 Å². The lowest BCUT2D eigenvalue weighted by Gasteiger charge is -2.36. The van der Waals surface area contributed by atoms with Gasteiger partial charge < -0.3 is 5.11 Å². The Balaban J connectivity index is 1.84. The van der Waals surface area contributed by atoms with Crippen LogP contribution < -0.4 is 0 Å². The molecule has 1 N–H and O–H groups in total. The maximum absolute atomic E-state index is 11.3. The van der Waals surface area contributed by atoms with E-state index >= 15 is 0 Å². The third-order valence-electron chi connectivity index (χ3n) is 5.01. The molecule has 0 bridgehead atoms. The lowest BCUT2D eigenvalue weighted by Crippen LogP contribution is -2.38. The second-order valence-corrected chi connectivity index (χ2v) is 6.16. The normalized spacial score (nSPS) is 28.0. The van der Waals surface area contributed by atoms with Crippen molar-refractivity contribution in [3.63, 3.8) is 0 Å². The van der Waals surface area contributed by atoms with Crippen LogP contribution in [0.25, 0.3) is 0 Å². The molecule has 3 rings (SSSR count). The van der Waals surface area contributed by atoms with Gasteiger partial charge in [0.15, 0.2) is 0 Å². The van der Waals surface area contributed by atoms with Gasteiger partial charge in [-0.25, -0.2) is 0 Å². The summed E-state index contributed by atoms with van der Waals surface area (Å²) in [5.41, 5.74) is 1.15. The molecule has 0 aromatic heterocycles. The minimum absolute atomic E-state index is 0.0433. The van der Waals surface area contributed by atoms with Gasteiger partial charge in [-0.05, 0) is 37.3 Å². The van der Waals surface area contributed by atoms with Crippen LogP contribution in [0.1, 0.15) is 50.1 Å². The number of carboxylic acid groups (broad SMARTS) is 1. The van der Waals surface area contributed by atoms with Crippen LogP contribution in [0.4, 0.5) is 0 Å². The van der Waals surface area contributed by atoms with Crippen LogP contribution in [0.15, 0.2) is 30.3 Å². The molecule has 1 saturated carbocycles. The molecular weight excluding hydrogens is 250 g/mol. The zero-order chi connectivity index (χ0) is 13.9.